The molecule has 0 aliphatic rings. The second-order valence-corrected chi connectivity index (χ2v) is 8.03. The van der Waals surface area contributed by atoms with E-state index in [0.717, 1.165) is 0 Å². The van der Waals surface area contributed by atoms with Crippen LogP contribution in [-0.4, -0.2) is 24.2 Å². The first-order valence-electron chi connectivity index (χ1n) is 4.18. The Bertz CT molecular complexity index is 39.0. The Labute approximate surface area is 74.9 Å². The van der Waals surface area contributed by atoms with Gasteiger partial charge in [0.05, 0.1) is 0 Å². The molecule has 0 amide bonds. The van der Waals surface area contributed by atoms with E-state index in [2.05, 4.69) is 32.3 Å². The molecule has 0 aliphatic carbocycles. The van der Waals surface area contributed by atoms with Crippen molar-refractivity contribution in [2.75, 3.05) is 0 Å². The molecule has 0 aliphatic heterocycles. The summed E-state index contributed by atoms with van der Waals surface area (Å²) in [6, 6.07) is 4.37. The summed E-state index contributed by atoms with van der Waals surface area (Å²) in [5.74, 6) is 4.50. The van der Waals surface area contributed by atoms with Crippen LogP contribution in [0.15, 0.2) is 0 Å². The molecule has 0 bridgehead atoms. The molecule has 3 radical (unpaired) electrons. The maximum absolute atomic E-state index is 2.31. The summed E-state index contributed by atoms with van der Waals surface area (Å²) in [6.07, 6.45) is 0. The molecule has 0 spiro atoms. The summed E-state index contributed by atoms with van der Waals surface area (Å²) in [6.45, 7) is 6.92. The zero-order valence-electron chi connectivity index (χ0n) is 8.12. The summed E-state index contributed by atoms with van der Waals surface area (Å²) in [5.41, 5.74) is 0. The summed E-state index contributed by atoms with van der Waals surface area (Å²) >= 11 is 0.500. The van der Waals surface area contributed by atoms with Gasteiger partial charge in [-0.25, -0.2) is 0 Å². The topological polar surface area (TPSA) is 0 Å². The second-order valence-electron chi connectivity index (χ2n) is 2.31. The zero-order valence-corrected chi connectivity index (χ0v) is 11.2. The molecule has 0 heterocycles. The molecule has 0 atom stereocenters. The van der Waals surface area contributed by atoms with Gasteiger partial charge in [0, 0.05) is 8.80 Å². The molecule has 0 aromatic heterocycles. The van der Waals surface area contributed by atoms with Gasteiger partial charge in [-0.3, -0.25) is 0 Å². The average Bonchev–Trinajstić information content (AvgIpc) is 1.93. The number of hydrogen-bond donors (Lipinski definition) is 0. The predicted molar refractivity (Wildman–Crippen MR) is 54.7 cm³/mol. The van der Waals surface area contributed by atoms with Crippen LogP contribution < -0.4 is 0 Å². The standard InChI is InChI=1S/C6H15Si.C2H6Ge/c1-4-7(5-2)6-3;1-3-2/h4-6H2,1-3H3;1-2H3. The van der Waals surface area contributed by atoms with E-state index in [9.17, 15) is 0 Å². The quantitative estimate of drug-likeness (QED) is 0.637. The number of hydrogen-bond acceptors (Lipinski definition) is 0. The Balaban J connectivity index is 0. The average molecular weight is 218 g/mol. The molecular weight excluding hydrogens is 197 g/mol. The van der Waals surface area contributed by atoms with Gasteiger partial charge in [0.15, 0.2) is 0 Å². The summed E-state index contributed by atoms with van der Waals surface area (Å²) in [4.78, 5) is 0. The van der Waals surface area contributed by atoms with Gasteiger partial charge in [-0.2, -0.15) is 0 Å². The molecule has 0 N–H and O–H groups in total. The second kappa shape index (κ2) is 12.4. The van der Waals surface area contributed by atoms with Crippen molar-refractivity contribution in [1.29, 1.82) is 0 Å². The van der Waals surface area contributed by atoms with E-state index in [1.54, 1.807) is 0 Å². The minimum absolute atomic E-state index is 0.137. The molecule has 0 fully saturated rings. The monoisotopic (exact) mass is 219 g/mol. The van der Waals surface area contributed by atoms with Gasteiger partial charge in [0.1, 0.15) is 0 Å². The third-order valence-corrected chi connectivity index (χ3v) is 4.50. The maximum atomic E-state index is 2.31. The summed E-state index contributed by atoms with van der Waals surface area (Å²) < 4.78 is 0. The van der Waals surface area contributed by atoms with Gasteiger partial charge >= 0.3 is 26.9 Å². The first-order chi connectivity index (χ1) is 4.76. The van der Waals surface area contributed by atoms with E-state index >= 15 is 0 Å². The molecule has 61 valence electrons. The Morgan fingerprint density at radius 1 is 0.900 bits per heavy atom. The summed E-state index contributed by atoms with van der Waals surface area (Å²) in [7, 11) is 0.137. The first kappa shape index (κ1) is 13.4. The normalized spacial score (nSPS) is 9.00. The van der Waals surface area contributed by atoms with Gasteiger partial charge < -0.3 is 0 Å². The van der Waals surface area contributed by atoms with Crippen LogP contribution in [0.1, 0.15) is 20.8 Å². The van der Waals surface area contributed by atoms with Gasteiger partial charge in [-0.15, -0.1) is 0 Å². The van der Waals surface area contributed by atoms with Crippen molar-refractivity contribution in [1.82, 2.24) is 0 Å². The number of rotatable bonds is 3. The van der Waals surface area contributed by atoms with Crippen LogP contribution in [-0.2, 0) is 0 Å². The molecule has 2 heteroatoms. The molecular formula is C8H21GeSi. The van der Waals surface area contributed by atoms with E-state index in [1.807, 2.05) is 0 Å². The Morgan fingerprint density at radius 3 is 1.10 bits per heavy atom. The van der Waals surface area contributed by atoms with Crippen molar-refractivity contribution >= 4 is 24.2 Å². The van der Waals surface area contributed by atoms with Gasteiger partial charge in [0.2, 0.25) is 0 Å². The Morgan fingerprint density at radius 2 is 1.10 bits per heavy atom. The van der Waals surface area contributed by atoms with Crippen molar-refractivity contribution in [3.63, 3.8) is 0 Å². The molecule has 0 saturated heterocycles. The molecule has 0 aromatic carbocycles. The van der Waals surface area contributed by atoms with Crippen molar-refractivity contribution in [3.8, 4) is 0 Å². The molecule has 0 rings (SSSR count). The van der Waals surface area contributed by atoms with Crippen LogP contribution in [0.2, 0.25) is 29.6 Å². The first-order valence-corrected chi connectivity index (χ1v) is 10.5. The van der Waals surface area contributed by atoms with Gasteiger partial charge in [0.25, 0.3) is 0 Å². The van der Waals surface area contributed by atoms with Crippen LogP contribution in [0, 0.1) is 0 Å². The van der Waals surface area contributed by atoms with Crippen molar-refractivity contribution < 1.29 is 0 Å². The van der Waals surface area contributed by atoms with Crippen molar-refractivity contribution in [2.45, 2.75) is 50.4 Å². The van der Waals surface area contributed by atoms with Crippen molar-refractivity contribution in [3.05, 3.63) is 0 Å². The fourth-order valence-electron chi connectivity index (χ4n) is 0.750. The van der Waals surface area contributed by atoms with Gasteiger partial charge in [-0.1, -0.05) is 38.9 Å². The SMILES string of the molecule is CC[Si](CC)CC.[CH3][Ge][CH3]. The van der Waals surface area contributed by atoms with Crippen molar-refractivity contribution in [2.24, 2.45) is 0 Å². The van der Waals surface area contributed by atoms with Gasteiger partial charge in [-0.05, 0) is 0 Å². The third-order valence-electron chi connectivity index (χ3n) is 1.50. The fraction of sp³-hybridized carbons (Fsp3) is 1.00. The molecule has 0 saturated carbocycles. The van der Waals surface area contributed by atoms with Crippen LogP contribution >= 0.6 is 0 Å². The van der Waals surface area contributed by atoms with Crippen LogP contribution in [0.3, 0.4) is 0 Å². The van der Waals surface area contributed by atoms with Crippen LogP contribution in [0.4, 0.5) is 0 Å². The third kappa shape index (κ3) is 11.5. The zero-order chi connectivity index (χ0) is 8.41. The molecule has 0 nitrogen and oxygen atoms in total. The molecule has 0 unspecified atom stereocenters. The molecule has 10 heavy (non-hydrogen) atoms. The van der Waals surface area contributed by atoms with Crippen LogP contribution in [0.25, 0.3) is 0 Å². The van der Waals surface area contributed by atoms with E-state index in [4.69, 9.17) is 0 Å². The van der Waals surface area contributed by atoms with E-state index in [0.29, 0.717) is 15.4 Å². The fourth-order valence-corrected chi connectivity index (χ4v) is 2.25. The minimum atomic E-state index is 0.137. The van der Waals surface area contributed by atoms with E-state index < -0.39 is 0 Å². The van der Waals surface area contributed by atoms with Crippen LogP contribution in [0.5, 0.6) is 0 Å². The summed E-state index contributed by atoms with van der Waals surface area (Å²) in [5, 5.41) is 0. The Hall–Kier alpha value is 0.760. The Kier molecular flexibility index (Phi) is 16.6. The predicted octanol–water partition coefficient (Wildman–Crippen LogP) is 3.33. The van der Waals surface area contributed by atoms with E-state index in [-0.39, 0.29) is 8.80 Å². The molecule has 0 aromatic rings. The van der Waals surface area contributed by atoms with E-state index in [1.165, 1.54) is 18.1 Å².